The van der Waals surface area contributed by atoms with Crippen LogP contribution in [0.3, 0.4) is 0 Å². The molecule has 1 atom stereocenters. The lowest BCUT2D eigenvalue weighted by Crippen LogP contribution is -2.38. The van der Waals surface area contributed by atoms with Crippen molar-refractivity contribution in [1.82, 2.24) is 4.90 Å². The highest BCUT2D eigenvalue weighted by molar-refractivity contribution is 7.99. The van der Waals surface area contributed by atoms with Gasteiger partial charge in [-0.2, -0.15) is 0 Å². The first-order chi connectivity index (χ1) is 9.77. The molecular weight excluding hydrogens is 294 g/mol. The average molecular weight is 312 g/mol. The van der Waals surface area contributed by atoms with Crippen LogP contribution in [0.25, 0.3) is 0 Å². The normalized spacial score (nSPS) is 24.1. The first-order valence-corrected chi connectivity index (χ1v) is 8.44. The molecule has 20 heavy (non-hydrogen) atoms. The molecular formula is C15H18ClNO2S. The summed E-state index contributed by atoms with van der Waals surface area (Å²) in [6.45, 7) is 2.22. The highest BCUT2D eigenvalue weighted by Gasteiger charge is 2.35. The number of amides is 1. The van der Waals surface area contributed by atoms with E-state index in [1.54, 1.807) is 11.8 Å². The van der Waals surface area contributed by atoms with Crippen molar-refractivity contribution < 1.29 is 9.53 Å². The largest absolute Gasteiger partial charge is 0.381 e. The van der Waals surface area contributed by atoms with Gasteiger partial charge in [-0.1, -0.05) is 29.8 Å². The number of carbonyl (C=O) groups excluding carboxylic acids is 1. The summed E-state index contributed by atoms with van der Waals surface area (Å²) in [5, 5.41) is 0.815. The molecule has 2 heterocycles. The number of rotatable bonds is 2. The molecule has 2 saturated heterocycles. The van der Waals surface area contributed by atoms with E-state index in [4.69, 9.17) is 16.3 Å². The van der Waals surface area contributed by atoms with Crippen LogP contribution in [0.15, 0.2) is 24.3 Å². The van der Waals surface area contributed by atoms with Gasteiger partial charge in [0.2, 0.25) is 5.91 Å². The van der Waals surface area contributed by atoms with E-state index < -0.39 is 0 Å². The molecule has 0 aliphatic carbocycles. The molecule has 2 aliphatic heterocycles. The number of ether oxygens (including phenoxy) is 1. The fraction of sp³-hybridized carbons (Fsp3) is 0.533. The highest BCUT2D eigenvalue weighted by atomic mass is 35.5. The molecule has 2 fully saturated rings. The summed E-state index contributed by atoms with van der Waals surface area (Å²) in [7, 11) is 0. The molecule has 0 bridgehead atoms. The Labute approximate surface area is 128 Å². The third-order valence-electron chi connectivity index (χ3n) is 3.92. The zero-order chi connectivity index (χ0) is 13.9. The van der Waals surface area contributed by atoms with Crippen LogP contribution < -0.4 is 0 Å². The molecule has 0 saturated carbocycles. The van der Waals surface area contributed by atoms with Crippen molar-refractivity contribution in [3.8, 4) is 0 Å². The number of thioether (sulfide) groups is 1. The maximum atomic E-state index is 12.7. The van der Waals surface area contributed by atoms with Crippen molar-refractivity contribution in [1.29, 1.82) is 0 Å². The lowest BCUT2D eigenvalue weighted by molar-refractivity contribution is -0.138. The molecule has 2 aliphatic rings. The van der Waals surface area contributed by atoms with Gasteiger partial charge in [0.15, 0.2) is 0 Å². The number of halogens is 1. The Kier molecular flexibility index (Phi) is 4.54. The second-order valence-electron chi connectivity index (χ2n) is 5.16. The van der Waals surface area contributed by atoms with Gasteiger partial charge in [0.25, 0.3) is 0 Å². The molecule has 108 valence electrons. The van der Waals surface area contributed by atoms with Crippen LogP contribution in [-0.4, -0.2) is 36.3 Å². The number of benzene rings is 1. The molecule has 3 nitrogen and oxygen atoms in total. The van der Waals surface area contributed by atoms with Crippen molar-refractivity contribution in [3.05, 3.63) is 34.9 Å². The van der Waals surface area contributed by atoms with E-state index in [0.29, 0.717) is 13.2 Å². The van der Waals surface area contributed by atoms with Crippen molar-refractivity contribution in [3.63, 3.8) is 0 Å². The van der Waals surface area contributed by atoms with E-state index in [9.17, 15) is 4.79 Å². The molecule has 1 aromatic carbocycles. The Morgan fingerprint density at radius 2 is 2.05 bits per heavy atom. The molecule has 0 aromatic heterocycles. The number of hydrogen-bond acceptors (Lipinski definition) is 3. The fourth-order valence-corrected chi connectivity index (χ4v) is 4.41. The van der Waals surface area contributed by atoms with Gasteiger partial charge in [-0.15, -0.1) is 11.8 Å². The lowest BCUT2D eigenvalue weighted by atomic mass is 9.98. The number of nitrogens with zero attached hydrogens (tertiary/aromatic N) is 1. The van der Waals surface area contributed by atoms with Crippen LogP contribution in [0.1, 0.15) is 23.8 Å². The lowest BCUT2D eigenvalue weighted by Gasteiger charge is -2.30. The van der Waals surface area contributed by atoms with Crippen LogP contribution in [0.5, 0.6) is 0 Å². The van der Waals surface area contributed by atoms with E-state index >= 15 is 0 Å². The summed E-state index contributed by atoms with van der Waals surface area (Å²) >= 11 is 8.09. The minimum atomic E-state index is 0.0686. The first kappa shape index (κ1) is 14.2. The molecule has 0 radical (unpaired) electrons. The summed E-state index contributed by atoms with van der Waals surface area (Å²) in [5.41, 5.74) is 1.05. The average Bonchev–Trinajstić information content (AvgIpc) is 2.97. The van der Waals surface area contributed by atoms with Crippen molar-refractivity contribution in [2.75, 3.05) is 25.5 Å². The second kappa shape index (κ2) is 6.37. The molecule has 1 amide bonds. The smallest absolute Gasteiger partial charge is 0.227 e. The summed E-state index contributed by atoms with van der Waals surface area (Å²) in [6.07, 6.45) is 1.69. The molecule has 0 N–H and O–H groups in total. The maximum Gasteiger partial charge on any atom is 0.227 e. The minimum Gasteiger partial charge on any atom is -0.381 e. The predicted molar refractivity (Wildman–Crippen MR) is 81.9 cm³/mol. The summed E-state index contributed by atoms with van der Waals surface area (Å²) in [6, 6.07) is 7.83. The zero-order valence-corrected chi connectivity index (χ0v) is 12.8. The van der Waals surface area contributed by atoms with E-state index in [-0.39, 0.29) is 17.2 Å². The van der Waals surface area contributed by atoms with Crippen molar-refractivity contribution >= 4 is 29.3 Å². The topological polar surface area (TPSA) is 29.5 Å². The summed E-state index contributed by atoms with van der Waals surface area (Å²) < 4.78 is 5.35. The van der Waals surface area contributed by atoms with Crippen LogP contribution in [-0.2, 0) is 9.53 Å². The first-order valence-electron chi connectivity index (χ1n) is 7.01. The van der Waals surface area contributed by atoms with Gasteiger partial charge in [-0.25, -0.2) is 0 Å². The molecule has 0 spiro atoms. The standard InChI is InChI=1S/C15H18ClNO2S/c16-13-4-2-1-3-12(13)15-17(7-10-20-15)14(18)11-5-8-19-9-6-11/h1-4,11,15H,5-10H2. The Morgan fingerprint density at radius 1 is 1.30 bits per heavy atom. The van der Waals surface area contributed by atoms with Gasteiger partial charge in [-0.05, 0) is 18.9 Å². The van der Waals surface area contributed by atoms with E-state index in [1.807, 2.05) is 29.2 Å². The van der Waals surface area contributed by atoms with Crippen LogP contribution >= 0.6 is 23.4 Å². The van der Waals surface area contributed by atoms with Gasteiger partial charge in [-0.3, -0.25) is 4.79 Å². The molecule has 5 heteroatoms. The Morgan fingerprint density at radius 3 is 2.80 bits per heavy atom. The number of carbonyl (C=O) groups is 1. The maximum absolute atomic E-state index is 12.7. The Hall–Kier alpha value is -0.710. The van der Waals surface area contributed by atoms with Gasteiger partial charge in [0.1, 0.15) is 5.37 Å². The molecule has 1 unspecified atom stereocenters. The van der Waals surface area contributed by atoms with Crippen molar-refractivity contribution in [2.24, 2.45) is 5.92 Å². The van der Waals surface area contributed by atoms with E-state index in [2.05, 4.69) is 0 Å². The monoisotopic (exact) mass is 311 g/mol. The summed E-state index contributed by atoms with van der Waals surface area (Å²) in [4.78, 5) is 14.7. The Balaban J connectivity index is 1.78. The quantitative estimate of drug-likeness (QED) is 0.839. The van der Waals surface area contributed by atoms with E-state index in [0.717, 1.165) is 35.7 Å². The fourth-order valence-electron chi connectivity index (χ4n) is 2.81. The minimum absolute atomic E-state index is 0.0686. The molecule has 1 aromatic rings. The van der Waals surface area contributed by atoms with Crippen LogP contribution in [0.2, 0.25) is 5.02 Å². The zero-order valence-electron chi connectivity index (χ0n) is 11.3. The van der Waals surface area contributed by atoms with Gasteiger partial charge in [0.05, 0.1) is 0 Å². The van der Waals surface area contributed by atoms with E-state index in [1.165, 1.54) is 0 Å². The third kappa shape index (κ3) is 2.83. The SMILES string of the molecule is O=C(C1CCOCC1)N1CCSC1c1ccccc1Cl. The van der Waals surface area contributed by atoms with Crippen molar-refractivity contribution in [2.45, 2.75) is 18.2 Å². The Bertz CT molecular complexity index is 491. The van der Waals surface area contributed by atoms with Crippen LogP contribution in [0.4, 0.5) is 0 Å². The third-order valence-corrected chi connectivity index (χ3v) is 5.50. The van der Waals surface area contributed by atoms with Crippen LogP contribution in [0, 0.1) is 5.92 Å². The highest BCUT2D eigenvalue weighted by Crippen LogP contribution is 2.41. The summed E-state index contributed by atoms with van der Waals surface area (Å²) in [5.74, 6) is 1.36. The van der Waals surface area contributed by atoms with Gasteiger partial charge >= 0.3 is 0 Å². The number of hydrogen-bond donors (Lipinski definition) is 0. The van der Waals surface area contributed by atoms with Gasteiger partial charge < -0.3 is 9.64 Å². The van der Waals surface area contributed by atoms with Gasteiger partial charge in [0, 0.05) is 42.0 Å². The second-order valence-corrected chi connectivity index (χ2v) is 6.76. The predicted octanol–water partition coefficient (Wildman–Crippen LogP) is 3.34. The molecule has 3 rings (SSSR count).